The van der Waals surface area contributed by atoms with Crippen LogP contribution < -0.4 is 0 Å². The molecule has 1 aliphatic carbocycles. The zero-order valence-corrected chi connectivity index (χ0v) is 17.4. The van der Waals surface area contributed by atoms with Crippen LogP contribution in [0.4, 0.5) is 0 Å². The normalized spacial score (nSPS) is 23.7. The number of rotatable bonds is 6. The molecule has 0 unspecified atom stereocenters. The molecular weight excluding hydrogens is 380 g/mol. The lowest BCUT2D eigenvalue weighted by atomic mass is 9.72. The first kappa shape index (κ1) is 20.1. The summed E-state index contributed by atoms with van der Waals surface area (Å²) in [5, 5.41) is 0. The van der Waals surface area contributed by atoms with Crippen molar-refractivity contribution in [2.24, 2.45) is 11.8 Å². The standard InChI is InChI=1S/C20H29BrN2O2/c1-22(2)12-14-10-15(13-23(3)4)18(20(24)25-5)11-17(14)16-8-6-7-9-19(16)21/h6-9,11,14-15,17H,10,12-13H2,1-5H3/t14-,15+,17-/m0/s1. The average molecular weight is 409 g/mol. The van der Waals surface area contributed by atoms with Crippen molar-refractivity contribution in [1.29, 1.82) is 0 Å². The molecule has 1 aromatic carbocycles. The monoisotopic (exact) mass is 408 g/mol. The number of methoxy groups -OCH3 is 1. The molecule has 0 fully saturated rings. The van der Waals surface area contributed by atoms with Gasteiger partial charge in [0.2, 0.25) is 0 Å². The van der Waals surface area contributed by atoms with Crippen LogP contribution in [-0.2, 0) is 9.53 Å². The molecule has 2 rings (SSSR count). The van der Waals surface area contributed by atoms with Crippen LogP contribution >= 0.6 is 15.9 Å². The topological polar surface area (TPSA) is 32.8 Å². The van der Waals surface area contributed by atoms with Gasteiger partial charge in [0.25, 0.3) is 0 Å². The third-order valence-corrected chi connectivity index (χ3v) is 5.49. The predicted octanol–water partition coefficient (Wildman–Crippen LogP) is 3.39. The van der Waals surface area contributed by atoms with Gasteiger partial charge in [0.15, 0.2) is 0 Å². The van der Waals surface area contributed by atoms with Gasteiger partial charge in [0, 0.05) is 35.0 Å². The molecule has 0 bridgehead atoms. The van der Waals surface area contributed by atoms with Gasteiger partial charge in [0.1, 0.15) is 0 Å². The SMILES string of the molecule is COC(=O)C1=C[C@H](c2ccccc2Br)[C@H](CN(C)C)C[C@@H]1CN(C)C. The highest BCUT2D eigenvalue weighted by atomic mass is 79.9. The van der Waals surface area contributed by atoms with Crippen LogP contribution in [-0.4, -0.2) is 64.2 Å². The molecule has 1 aliphatic rings. The second kappa shape index (κ2) is 8.97. The first-order valence-electron chi connectivity index (χ1n) is 8.67. The summed E-state index contributed by atoms with van der Waals surface area (Å²) in [5.41, 5.74) is 2.05. The highest BCUT2D eigenvalue weighted by Crippen LogP contribution is 2.42. The van der Waals surface area contributed by atoms with E-state index in [2.05, 4.69) is 78.2 Å². The number of esters is 1. The summed E-state index contributed by atoms with van der Waals surface area (Å²) >= 11 is 3.69. The molecule has 4 nitrogen and oxygen atoms in total. The first-order valence-corrected chi connectivity index (χ1v) is 9.46. The maximum atomic E-state index is 12.4. The Labute approximate surface area is 160 Å². The Hall–Kier alpha value is -1.17. The Morgan fingerprint density at radius 2 is 1.80 bits per heavy atom. The quantitative estimate of drug-likeness (QED) is 0.675. The molecule has 0 heterocycles. The summed E-state index contributed by atoms with van der Waals surface area (Å²) in [6, 6.07) is 8.30. The summed E-state index contributed by atoms with van der Waals surface area (Å²) in [6.45, 7) is 1.84. The van der Waals surface area contributed by atoms with E-state index in [0.717, 1.165) is 29.6 Å². The van der Waals surface area contributed by atoms with Crippen LogP contribution in [0.3, 0.4) is 0 Å². The van der Waals surface area contributed by atoms with Crippen molar-refractivity contribution in [3.05, 3.63) is 46.0 Å². The lowest BCUT2D eigenvalue weighted by Crippen LogP contribution is -2.36. The minimum atomic E-state index is -0.202. The second-order valence-corrected chi connectivity index (χ2v) is 8.23. The van der Waals surface area contributed by atoms with Crippen LogP contribution in [0.25, 0.3) is 0 Å². The Balaban J connectivity index is 2.47. The van der Waals surface area contributed by atoms with E-state index in [1.54, 1.807) is 0 Å². The Kier molecular flexibility index (Phi) is 7.23. The highest BCUT2D eigenvalue weighted by Gasteiger charge is 2.36. The molecule has 138 valence electrons. The van der Waals surface area contributed by atoms with Gasteiger partial charge in [-0.1, -0.05) is 40.2 Å². The summed E-state index contributed by atoms with van der Waals surface area (Å²) in [4.78, 5) is 16.8. The fraction of sp³-hybridized carbons (Fsp3) is 0.550. The van der Waals surface area contributed by atoms with Crippen molar-refractivity contribution >= 4 is 21.9 Å². The Morgan fingerprint density at radius 3 is 2.36 bits per heavy atom. The molecule has 0 aliphatic heterocycles. The summed E-state index contributed by atoms with van der Waals surface area (Å²) < 4.78 is 6.18. The molecule has 0 spiro atoms. The van der Waals surface area contributed by atoms with Crippen molar-refractivity contribution in [3.8, 4) is 0 Å². The largest absolute Gasteiger partial charge is 0.466 e. The number of hydrogen-bond donors (Lipinski definition) is 0. The number of nitrogens with zero attached hydrogens (tertiary/aromatic N) is 2. The molecule has 3 atom stereocenters. The summed E-state index contributed by atoms with van der Waals surface area (Å²) in [7, 11) is 9.79. The summed E-state index contributed by atoms with van der Waals surface area (Å²) in [6.07, 6.45) is 3.13. The van der Waals surface area contributed by atoms with E-state index in [1.807, 2.05) is 6.07 Å². The molecule has 0 radical (unpaired) electrons. The molecule has 0 saturated carbocycles. The van der Waals surface area contributed by atoms with Gasteiger partial charge in [0.05, 0.1) is 7.11 Å². The van der Waals surface area contributed by atoms with Gasteiger partial charge in [-0.05, 0) is 52.2 Å². The number of carbonyl (C=O) groups is 1. The van der Waals surface area contributed by atoms with Crippen LogP contribution in [0.1, 0.15) is 17.9 Å². The van der Waals surface area contributed by atoms with Gasteiger partial charge < -0.3 is 14.5 Å². The fourth-order valence-corrected chi connectivity index (χ4v) is 4.37. The van der Waals surface area contributed by atoms with Gasteiger partial charge in [-0.3, -0.25) is 0 Å². The summed E-state index contributed by atoms with van der Waals surface area (Å²) in [5.74, 6) is 0.649. The molecule has 0 N–H and O–H groups in total. The smallest absolute Gasteiger partial charge is 0.333 e. The number of hydrogen-bond acceptors (Lipinski definition) is 4. The molecular formula is C20H29BrN2O2. The van der Waals surface area contributed by atoms with Crippen LogP contribution in [0.2, 0.25) is 0 Å². The van der Waals surface area contributed by atoms with Crippen molar-refractivity contribution in [1.82, 2.24) is 9.80 Å². The van der Waals surface area contributed by atoms with Crippen molar-refractivity contribution in [2.75, 3.05) is 48.4 Å². The lowest BCUT2D eigenvalue weighted by molar-refractivity contribution is -0.137. The molecule has 1 aromatic rings. The van der Waals surface area contributed by atoms with E-state index in [1.165, 1.54) is 12.7 Å². The van der Waals surface area contributed by atoms with Crippen molar-refractivity contribution < 1.29 is 9.53 Å². The van der Waals surface area contributed by atoms with Crippen LogP contribution in [0.5, 0.6) is 0 Å². The average Bonchev–Trinajstić information content (AvgIpc) is 2.54. The van der Waals surface area contributed by atoms with Crippen LogP contribution in [0.15, 0.2) is 40.4 Å². The molecule has 0 amide bonds. The number of carbonyl (C=O) groups excluding carboxylic acids is 1. The predicted molar refractivity (Wildman–Crippen MR) is 106 cm³/mol. The number of allylic oxidation sites excluding steroid dienone is 1. The number of ether oxygens (including phenoxy) is 1. The molecule has 0 aromatic heterocycles. The van der Waals surface area contributed by atoms with E-state index < -0.39 is 0 Å². The van der Waals surface area contributed by atoms with E-state index in [0.29, 0.717) is 5.92 Å². The van der Waals surface area contributed by atoms with E-state index in [-0.39, 0.29) is 17.8 Å². The van der Waals surface area contributed by atoms with Crippen molar-refractivity contribution in [2.45, 2.75) is 12.3 Å². The highest BCUT2D eigenvalue weighted by molar-refractivity contribution is 9.10. The Morgan fingerprint density at radius 1 is 1.16 bits per heavy atom. The molecule has 0 saturated heterocycles. The van der Waals surface area contributed by atoms with Crippen molar-refractivity contribution in [3.63, 3.8) is 0 Å². The van der Waals surface area contributed by atoms with Gasteiger partial charge >= 0.3 is 5.97 Å². The van der Waals surface area contributed by atoms with Gasteiger partial charge in [-0.15, -0.1) is 0 Å². The first-order chi connectivity index (χ1) is 11.8. The second-order valence-electron chi connectivity index (χ2n) is 7.38. The van der Waals surface area contributed by atoms with Gasteiger partial charge in [-0.25, -0.2) is 4.79 Å². The third-order valence-electron chi connectivity index (χ3n) is 4.76. The van der Waals surface area contributed by atoms with Gasteiger partial charge in [-0.2, -0.15) is 0 Å². The van der Waals surface area contributed by atoms with E-state index in [9.17, 15) is 4.79 Å². The third kappa shape index (κ3) is 5.16. The maximum absolute atomic E-state index is 12.4. The van der Waals surface area contributed by atoms with E-state index in [4.69, 9.17) is 4.74 Å². The zero-order valence-electron chi connectivity index (χ0n) is 15.8. The fourth-order valence-electron chi connectivity index (χ4n) is 3.82. The minimum absolute atomic E-state index is 0.200. The van der Waals surface area contributed by atoms with Crippen LogP contribution in [0, 0.1) is 11.8 Å². The zero-order chi connectivity index (χ0) is 18.6. The van der Waals surface area contributed by atoms with E-state index >= 15 is 0 Å². The maximum Gasteiger partial charge on any atom is 0.333 e. The number of benzene rings is 1. The molecule has 5 heteroatoms. The Bertz CT molecular complexity index is 628. The lowest BCUT2D eigenvalue weighted by Gasteiger charge is -2.37. The minimum Gasteiger partial charge on any atom is -0.466 e. The molecule has 25 heavy (non-hydrogen) atoms. The number of halogens is 1.